The van der Waals surface area contributed by atoms with Crippen LogP contribution in [0.1, 0.15) is 74.6 Å². The van der Waals surface area contributed by atoms with Crippen molar-refractivity contribution in [3.63, 3.8) is 0 Å². The number of likely N-dealkylation sites (tertiary alicyclic amines) is 1. The van der Waals surface area contributed by atoms with E-state index in [0.29, 0.717) is 17.7 Å². The molecule has 0 amide bonds. The molecular formula is C31H43N3O4SSi. The molecule has 2 heterocycles. The van der Waals surface area contributed by atoms with Crippen molar-refractivity contribution >= 4 is 24.5 Å². The summed E-state index contributed by atoms with van der Waals surface area (Å²) in [7, 11) is -4.98. The first-order chi connectivity index (χ1) is 18.6. The first-order valence-corrected chi connectivity index (χ1v) is 19.2. The molecule has 0 saturated carbocycles. The normalized spacial score (nSPS) is 28.9. The largest absolute Gasteiger partial charge is 0.487 e. The average Bonchev–Trinajstić information content (AvgIpc) is 2.86. The van der Waals surface area contributed by atoms with E-state index in [1.165, 1.54) is 11.1 Å². The first-order valence-electron chi connectivity index (χ1n) is 14.4. The number of fused-ring (bicyclic) bond motifs is 2. The average molecular weight is 582 g/mol. The van der Waals surface area contributed by atoms with Gasteiger partial charge in [0.15, 0.2) is 0 Å². The van der Waals surface area contributed by atoms with E-state index in [2.05, 4.69) is 55.6 Å². The summed E-state index contributed by atoms with van der Waals surface area (Å²) in [5, 5.41) is 20.9. The van der Waals surface area contributed by atoms with Crippen molar-refractivity contribution in [1.29, 1.82) is 5.26 Å². The molecule has 2 unspecified atom stereocenters. The van der Waals surface area contributed by atoms with Crippen LogP contribution < -0.4 is 9.46 Å². The summed E-state index contributed by atoms with van der Waals surface area (Å²) >= 11 is 0. The Morgan fingerprint density at radius 1 is 1.18 bits per heavy atom. The smallest absolute Gasteiger partial charge is 0.229 e. The molecule has 3 aliphatic rings. The second-order valence-electron chi connectivity index (χ2n) is 13.7. The summed E-state index contributed by atoms with van der Waals surface area (Å²) in [6, 6.07) is 14.1. The minimum atomic E-state index is -3.39. The van der Waals surface area contributed by atoms with E-state index >= 15 is 0 Å². The second-order valence-corrected chi connectivity index (χ2v) is 18.7. The number of nitrogens with one attached hydrogen (secondary N) is 1. The van der Waals surface area contributed by atoms with Gasteiger partial charge in [-0.3, -0.25) is 9.62 Å². The predicted molar refractivity (Wildman–Crippen MR) is 162 cm³/mol. The summed E-state index contributed by atoms with van der Waals surface area (Å²) in [4.78, 5) is 2.40. The standard InChI is InChI=1S/C31H43N3O4SSi/c1-29(2,3)27-18-30(38-28-12-10-24(17-26(27)28)33-39(4,36)37)13-14-34(31(35,20-30)40(5)6)25-11-9-22-15-21(19-32)7-8-23(22)16-25/h7-8,10,12,15,17,25,27,33,35,40H,9,11,13-14,16,18,20H2,1-6H3/t25-,27+,30?,31?/m1/s1. The van der Waals surface area contributed by atoms with E-state index in [0.717, 1.165) is 56.2 Å². The molecule has 7 nitrogen and oxygen atoms in total. The summed E-state index contributed by atoms with van der Waals surface area (Å²) in [5.74, 6) is 0.949. The highest BCUT2D eigenvalue weighted by Crippen LogP contribution is 2.54. The van der Waals surface area contributed by atoms with Gasteiger partial charge in [-0.05, 0) is 84.0 Å². The third kappa shape index (κ3) is 5.56. The number of ether oxygens (including phenoxy) is 1. The van der Waals surface area contributed by atoms with Crippen molar-refractivity contribution in [1.82, 2.24) is 4.90 Å². The van der Waals surface area contributed by atoms with Gasteiger partial charge < -0.3 is 9.84 Å². The lowest BCUT2D eigenvalue weighted by molar-refractivity contribution is -0.162. The number of nitriles is 1. The maximum absolute atomic E-state index is 12.5. The Bertz CT molecular complexity index is 1450. The highest BCUT2D eigenvalue weighted by Gasteiger charge is 2.56. The molecular weight excluding hydrogens is 539 g/mol. The number of benzene rings is 2. The Hall–Kier alpha value is -2.38. The minimum Gasteiger partial charge on any atom is -0.487 e. The van der Waals surface area contributed by atoms with E-state index in [4.69, 9.17) is 4.74 Å². The number of aliphatic hydroxyl groups is 1. The Balaban J connectivity index is 1.45. The third-order valence-electron chi connectivity index (χ3n) is 9.43. The van der Waals surface area contributed by atoms with Gasteiger partial charge >= 0.3 is 0 Å². The van der Waals surface area contributed by atoms with Gasteiger partial charge in [0.25, 0.3) is 0 Å². The van der Waals surface area contributed by atoms with E-state index in [1.54, 1.807) is 6.07 Å². The lowest BCUT2D eigenvalue weighted by atomic mass is 9.67. The van der Waals surface area contributed by atoms with Crippen LogP contribution in [0.3, 0.4) is 0 Å². The van der Waals surface area contributed by atoms with Gasteiger partial charge in [0.2, 0.25) is 10.0 Å². The number of sulfonamides is 1. The van der Waals surface area contributed by atoms with Gasteiger partial charge in [0.1, 0.15) is 16.7 Å². The molecule has 2 aliphatic heterocycles. The van der Waals surface area contributed by atoms with Gasteiger partial charge in [-0.25, -0.2) is 8.42 Å². The number of piperidine rings is 1. The van der Waals surface area contributed by atoms with Crippen LogP contribution in [0.2, 0.25) is 13.1 Å². The molecule has 9 heteroatoms. The molecule has 2 aromatic carbocycles. The maximum atomic E-state index is 12.5. The van der Waals surface area contributed by atoms with E-state index in [-0.39, 0.29) is 17.4 Å². The van der Waals surface area contributed by atoms with Crippen LogP contribution >= 0.6 is 0 Å². The van der Waals surface area contributed by atoms with Gasteiger partial charge in [0, 0.05) is 31.1 Å². The monoisotopic (exact) mass is 581 g/mol. The van der Waals surface area contributed by atoms with Crippen molar-refractivity contribution in [2.45, 2.75) is 95.3 Å². The van der Waals surface area contributed by atoms with Crippen molar-refractivity contribution in [3.05, 3.63) is 58.7 Å². The van der Waals surface area contributed by atoms with E-state index in [9.17, 15) is 18.8 Å². The summed E-state index contributed by atoms with van der Waals surface area (Å²) in [5.41, 5.74) is 4.29. The number of anilines is 1. The molecule has 0 radical (unpaired) electrons. The van der Waals surface area contributed by atoms with Crippen molar-refractivity contribution in [2.75, 3.05) is 17.5 Å². The van der Waals surface area contributed by atoms with Crippen LogP contribution in [0, 0.1) is 16.7 Å². The van der Waals surface area contributed by atoms with Crippen LogP contribution in [0.5, 0.6) is 5.75 Å². The number of rotatable bonds is 4. The van der Waals surface area contributed by atoms with Gasteiger partial charge in [-0.2, -0.15) is 5.26 Å². The zero-order valence-electron chi connectivity index (χ0n) is 24.6. The Morgan fingerprint density at radius 2 is 1.93 bits per heavy atom. The van der Waals surface area contributed by atoms with Crippen LogP contribution in [-0.2, 0) is 22.9 Å². The molecule has 5 rings (SSSR count). The molecule has 1 spiro atoms. The van der Waals surface area contributed by atoms with Crippen LogP contribution in [0.15, 0.2) is 36.4 Å². The summed E-state index contributed by atoms with van der Waals surface area (Å²) in [6.45, 7) is 11.9. The fourth-order valence-electron chi connectivity index (χ4n) is 7.27. The topological polar surface area (TPSA) is 103 Å². The molecule has 40 heavy (non-hydrogen) atoms. The Labute approximate surface area is 241 Å². The maximum Gasteiger partial charge on any atom is 0.229 e. The molecule has 4 atom stereocenters. The Kier molecular flexibility index (Phi) is 7.40. The molecule has 0 aromatic heterocycles. The number of hydrogen-bond acceptors (Lipinski definition) is 6. The number of nitrogens with zero attached hydrogens (tertiary/aromatic N) is 2. The quantitative estimate of drug-likeness (QED) is 0.496. The Morgan fingerprint density at radius 3 is 2.58 bits per heavy atom. The summed E-state index contributed by atoms with van der Waals surface area (Å²) in [6.07, 6.45) is 6.15. The van der Waals surface area contributed by atoms with Crippen LogP contribution in [0.25, 0.3) is 0 Å². The lowest BCUT2D eigenvalue weighted by Crippen LogP contribution is -2.69. The van der Waals surface area contributed by atoms with Crippen molar-refractivity contribution < 1.29 is 18.3 Å². The van der Waals surface area contributed by atoms with Gasteiger partial charge in [0.05, 0.1) is 26.7 Å². The second kappa shape index (κ2) is 10.2. The minimum absolute atomic E-state index is 0.0743. The molecule has 1 saturated heterocycles. The number of hydrogen-bond donors (Lipinski definition) is 2. The first kappa shape index (κ1) is 29.1. The molecule has 0 bridgehead atoms. The molecule has 216 valence electrons. The van der Waals surface area contributed by atoms with Crippen molar-refractivity contribution in [3.8, 4) is 11.8 Å². The van der Waals surface area contributed by atoms with E-state index < -0.39 is 29.8 Å². The highest BCUT2D eigenvalue weighted by molar-refractivity contribution is 7.92. The summed E-state index contributed by atoms with van der Waals surface area (Å²) < 4.78 is 33.3. The molecule has 2 N–H and O–H groups in total. The molecule has 1 fully saturated rings. The fourth-order valence-corrected chi connectivity index (χ4v) is 9.61. The highest BCUT2D eigenvalue weighted by atomic mass is 32.2. The zero-order chi connectivity index (χ0) is 29.1. The third-order valence-corrected chi connectivity index (χ3v) is 12.4. The van der Waals surface area contributed by atoms with E-state index in [1.807, 2.05) is 24.3 Å². The molecule has 1 aliphatic carbocycles. The van der Waals surface area contributed by atoms with Crippen LogP contribution in [-0.4, -0.2) is 57.0 Å². The van der Waals surface area contributed by atoms with Gasteiger partial charge in [-0.15, -0.1) is 0 Å². The van der Waals surface area contributed by atoms with Crippen molar-refractivity contribution in [2.24, 2.45) is 5.41 Å². The zero-order valence-corrected chi connectivity index (χ0v) is 26.6. The SMILES string of the molecule is C[SiH](C)C1(O)CC2(CCN1[C@@H]1CCc3cc(C#N)ccc3C1)C[C@H](C(C)(C)C)c1cc(NS(C)(=O)=O)ccc1O2. The van der Waals surface area contributed by atoms with Crippen LogP contribution in [0.4, 0.5) is 5.69 Å². The number of aryl methyl sites for hydroxylation is 1. The molecule has 2 aromatic rings. The lowest BCUT2D eigenvalue weighted by Gasteiger charge is -2.58. The van der Waals surface area contributed by atoms with Gasteiger partial charge in [-0.1, -0.05) is 39.9 Å². The fraction of sp³-hybridized carbons (Fsp3) is 0.581. The predicted octanol–water partition coefficient (Wildman–Crippen LogP) is 4.95.